The Morgan fingerprint density at radius 3 is 2.75 bits per heavy atom. The van der Waals surface area contributed by atoms with Crippen molar-refractivity contribution in [2.75, 3.05) is 33.7 Å². The molecule has 0 aromatic heterocycles. The third-order valence-corrected chi connectivity index (χ3v) is 3.09. The van der Waals surface area contributed by atoms with Gasteiger partial charge in [-0.3, -0.25) is 9.69 Å². The van der Waals surface area contributed by atoms with Gasteiger partial charge in [-0.1, -0.05) is 22.6 Å². The van der Waals surface area contributed by atoms with Gasteiger partial charge in [0.05, 0.1) is 6.54 Å². The zero-order chi connectivity index (χ0) is 9.14. The summed E-state index contributed by atoms with van der Waals surface area (Å²) in [6, 6.07) is 0. The lowest BCUT2D eigenvalue weighted by molar-refractivity contribution is -0.129. The van der Waals surface area contributed by atoms with E-state index >= 15 is 0 Å². The normalized spacial score (nSPS) is 24.4. The molecule has 0 saturated carbocycles. The third-order valence-electron chi connectivity index (χ3n) is 2.07. The molecule has 0 aromatic carbocycles. The summed E-state index contributed by atoms with van der Waals surface area (Å²) in [5, 5.41) is 0. The van der Waals surface area contributed by atoms with Crippen molar-refractivity contribution in [3.8, 4) is 0 Å². The van der Waals surface area contributed by atoms with Crippen LogP contribution in [0, 0.1) is 0 Å². The largest absolute Gasteiger partial charge is 0.348 e. The lowest BCUT2D eigenvalue weighted by Gasteiger charge is -2.17. The zero-order valence-electron chi connectivity index (χ0n) is 7.59. The second kappa shape index (κ2) is 4.41. The SMILES string of the molecule is CN(C)C(=O)CN1CCC(I)C1. The van der Waals surface area contributed by atoms with Crippen LogP contribution in [-0.2, 0) is 4.79 Å². The van der Waals surface area contributed by atoms with Crippen molar-refractivity contribution in [2.24, 2.45) is 0 Å². The molecule has 3 nitrogen and oxygen atoms in total. The van der Waals surface area contributed by atoms with E-state index in [1.807, 2.05) is 0 Å². The predicted octanol–water partition coefficient (Wildman–Crippen LogP) is 0.584. The molecular weight excluding hydrogens is 267 g/mol. The van der Waals surface area contributed by atoms with Gasteiger partial charge in [0, 0.05) is 24.6 Å². The highest BCUT2D eigenvalue weighted by Gasteiger charge is 2.21. The van der Waals surface area contributed by atoms with E-state index < -0.39 is 0 Å². The molecule has 0 bridgehead atoms. The molecule has 4 heteroatoms. The van der Waals surface area contributed by atoms with Gasteiger partial charge in [0.1, 0.15) is 0 Å². The molecule has 1 aliphatic rings. The molecule has 70 valence electrons. The van der Waals surface area contributed by atoms with E-state index in [2.05, 4.69) is 27.5 Å². The molecule has 0 N–H and O–H groups in total. The zero-order valence-corrected chi connectivity index (χ0v) is 9.74. The summed E-state index contributed by atoms with van der Waals surface area (Å²) in [7, 11) is 3.61. The first-order valence-electron chi connectivity index (χ1n) is 4.16. The maximum Gasteiger partial charge on any atom is 0.236 e. The van der Waals surface area contributed by atoms with Crippen LogP contribution in [0.25, 0.3) is 0 Å². The summed E-state index contributed by atoms with van der Waals surface area (Å²) in [6.45, 7) is 2.74. The summed E-state index contributed by atoms with van der Waals surface area (Å²) < 4.78 is 0.734. The van der Waals surface area contributed by atoms with Crippen molar-refractivity contribution in [3.05, 3.63) is 0 Å². The number of likely N-dealkylation sites (N-methyl/N-ethyl adjacent to an activating group) is 1. The first-order valence-corrected chi connectivity index (χ1v) is 5.40. The standard InChI is InChI=1S/C8H15IN2O/c1-10(2)8(12)6-11-4-3-7(9)5-11/h7H,3-6H2,1-2H3. The van der Waals surface area contributed by atoms with E-state index in [4.69, 9.17) is 0 Å². The maximum atomic E-state index is 11.3. The van der Waals surface area contributed by atoms with Gasteiger partial charge in [0.25, 0.3) is 0 Å². The number of carbonyl (C=O) groups excluding carboxylic acids is 1. The van der Waals surface area contributed by atoms with Gasteiger partial charge < -0.3 is 4.90 Å². The number of alkyl halides is 1. The summed E-state index contributed by atoms with van der Waals surface area (Å²) in [6.07, 6.45) is 1.22. The highest BCUT2D eigenvalue weighted by atomic mass is 127. The van der Waals surface area contributed by atoms with Crippen molar-refractivity contribution < 1.29 is 4.79 Å². The minimum atomic E-state index is 0.209. The molecule has 1 saturated heterocycles. The molecule has 0 spiro atoms. The van der Waals surface area contributed by atoms with Crippen LogP contribution in [0.15, 0.2) is 0 Å². The van der Waals surface area contributed by atoms with Crippen LogP contribution in [0.1, 0.15) is 6.42 Å². The van der Waals surface area contributed by atoms with Crippen LogP contribution in [0.3, 0.4) is 0 Å². The van der Waals surface area contributed by atoms with E-state index in [0.29, 0.717) is 6.54 Å². The Morgan fingerprint density at radius 2 is 2.33 bits per heavy atom. The molecule has 1 atom stereocenters. The quantitative estimate of drug-likeness (QED) is 0.546. The van der Waals surface area contributed by atoms with Gasteiger partial charge in [-0.25, -0.2) is 0 Å². The van der Waals surface area contributed by atoms with Gasteiger partial charge in [-0.2, -0.15) is 0 Å². The van der Waals surface area contributed by atoms with Gasteiger partial charge in [-0.05, 0) is 13.0 Å². The predicted molar refractivity (Wildman–Crippen MR) is 57.6 cm³/mol. The van der Waals surface area contributed by atoms with Crippen LogP contribution in [0.4, 0.5) is 0 Å². The third kappa shape index (κ3) is 2.90. The Morgan fingerprint density at radius 1 is 1.67 bits per heavy atom. The van der Waals surface area contributed by atoms with Crippen molar-refractivity contribution in [2.45, 2.75) is 10.3 Å². The topological polar surface area (TPSA) is 23.6 Å². The van der Waals surface area contributed by atoms with Gasteiger partial charge in [0.15, 0.2) is 0 Å². The van der Waals surface area contributed by atoms with Crippen LogP contribution in [0.5, 0.6) is 0 Å². The van der Waals surface area contributed by atoms with Crippen LogP contribution in [0.2, 0.25) is 0 Å². The highest BCUT2D eigenvalue weighted by Crippen LogP contribution is 2.16. The lowest BCUT2D eigenvalue weighted by atomic mass is 10.4. The minimum absolute atomic E-state index is 0.209. The molecule has 1 rings (SSSR count). The molecule has 1 unspecified atom stereocenters. The number of hydrogen-bond acceptors (Lipinski definition) is 2. The fourth-order valence-electron chi connectivity index (χ4n) is 1.26. The highest BCUT2D eigenvalue weighted by molar-refractivity contribution is 14.1. The van der Waals surface area contributed by atoms with E-state index in [0.717, 1.165) is 17.0 Å². The Hall–Kier alpha value is 0.160. The summed E-state index contributed by atoms with van der Waals surface area (Å²) in [5.74, 6) is 0.209. The maximum absolute atomic E-state index is 11.3. The van der Waals surface area contributed by atoms with E-state index in [-0.39, 0.29) is 5.91 Å². The Bertz CT molecular complexity index is 172. The van der Waals surface area contributed by atoms with Gasteiger partial charge in [0.2, 0.25) is 5.91 Å². The molecule has 12 heavy (non-hydrogen) atoms. The number of carbonyl (C=O) groups is 1. The molecule has 1 amide bonds. The number of nitrogens with zero attached hydrogens (tertiary/aromatic N) is 2. The molecule has 0 aliphatic carbocycles. The monoisotopic (exact) mass is 282 g/mol. The molecule has 0 aromatic rings. The van der Waals surface area contributed by atoms with Crippen molar-refractivity contribution in [1.82, 2.24) is 9.80 Å². The van der Waals surface area contributed by atoms with Crippen LogP contribution in [-0.4, -0.2) is 53.4 Å². The second-order valence-electron chi connectivity index (χ2n) is 3.41. The molecule has 0 radical (unpaired) electrons. The summed E-state index contributed by atoms with van der Waals surface area (Å²) in [4.78, 5) is 15.2. The molecule has 1 fully saturated rings. The second-order valence-corrected chi connectivity index (χ2v) is 5.17. The van der Waals surface area contributed by atoms with Gasteiger partial charge in [-0.15, -0.1) is 0 Å². The fraction of sp³-hybridized carbons (Fsp3) is 0.875. The first kappa shape index (κ1) is 10.2. The molecule has 1 heterocycles. The van der Waals surface area contributed by atoms with E-state index in [9.17, 15) is 4.79 Å². The molecular formula is C8H15IN2O. The Balaban J connectivity index is 2.28. The number of halogens is 1. The Kier molecular flexibility index (Phi) is 3.77. The van der Waals surface area contributed by atoms with Crippen LogP contribution < -0.4 is 0 Å². The van der Waals surface area contributed by atoms with Crippen molar-refractivity contribution in [3.63, 3.8) is 0 Å². The smallest absolute Gasteiger partial charge is 0.236 e. The minimum Gasteiger partial charge on any atom is -0.348 e. The first-order chi connectivity index (χ1) is 5.59. The number of rotatable bonds is 2. The average Bonchev–Trinajstić information content (AvgIpc) is 2.35. The van der Waals surface area contributed by atoms with Crippen LogP contribution >= 0.6 is 22.6 Å². The summed E-state index contributed by atoms with van der Waals surface area (Å²) in [5.41, 5.74) is 0. The lowest BCUT2D eigenvalue weighted by Crippen LogP contribution is -2.35. The number of hydrogen-bond donors (Lipinski definition) is 0. The number of likely N-dealkylation sites (tertiary alicyclic amines) is 1. The van der Waals surface area contributed by atoms with Crippen molar-refractivity contribution >= 4 is 28.5 Å². The van der Waals surface area contributed by atoms with E-state index in [1.165, 1.54) is 6.42 Å². The number of amides is 1. The van der Waals surface area contributed by atoms with Gasteiger partial charge >= 0.3 is 0 Å². The Labute approximate surface area is 87.2 Å². The van der Waals surface area contributed by atoms with Crippen molar-refractivity contribution in [1.29, 1.82) is 0 Å². The summed E-state index contributed by atoms with van der Waals surface area (Å²) >= 11 is 2.44. The molecule has 1 aliphatic heterocycles. The average molecular weight is 282 g/mol. The van der Waals surface area contributed by atoms with E-state index in [1.54, 1.807) is 19.0 Å². The fourth-order valence-corrected chi connectivity index (χ4v) is 2.10.